The number of rotatable bonds is 6. The normalized spacial score (nSPS) is 10.3. The smallest absolute Gasteiger partial charge is 0.146 e. The summed E-state index contributed by atoms with van der Waals surface area (Å²) in [5.41, 5.74) is 1.50. The van der Waals surface area contributed by atoms with Crippen LogP contribution in [-0.4, -0.2) is 31.5 Å². The summed E-state index contributed by atoms with van der Waals surface area (Å²) < 4.78 is 18.2. The molecule has 1 aromatic rings. The van der Waals surface area contributed by atoms with Gasteiger partial charge < -0.3 is 15.2 Å². The highest BCUT2D eigenvalue weighted by molar-refractivity contribution is 5.46. The first-order valence-electron chi connectivity index (χ1n) is 4.92. The summed E-state index contributed by atoms with van der Waals surface area (Å²) in [6, 6.07) is 4.91. The first-order chi connectivity index (χ1) is 7.24. The van der Waals surface area contributed by atoms with Crippen molar-refractivity contribution in [3.63, 3.8) is 0 Å². The molecule has 0 heterocycles. The number of hydrogen-bond acceptors (Lipinski definition) is 3. The first kappa shape index (κ1) is 11.9. The van der Waals surface area contributed by atoms with Crippen LogP contribution in [-0.2, 0) is 4.74 Å². The van der Waals surface area contributed by atoms with Gasteiger partial charge in [0.2, 0.25) is 0 Å². The van der Waals surface area contributed by atoms with E-state index in [9.17, 15) is 4.39 Å². The number of ether oxygens (including phenoxy) is 1. The van der Waals surface area contributed by atoms with Gasteiger partial charge in [-0.2, -0.15) is 0 Å². The molecule has 0 aliphatic rings. The fraction of sp³-hybridized carbons (Fsp3) is 0.455. The van der Waals surface area contributed by atoms with Crippen molar-refractivity contribution < 1.29 is 14.2 Å². The Kier molecular flexibility index (Phi) is 5.07. The molecule has 0 radical (unpaired) electrons. The molecule has 0 saturated carbocycles. The molecule has 2 N–H and O–H groups in total. The topological polar surface area (TPSA) is 41.5 Å². The average molecular weight is 213 g/mol. The van der Waals surface area contributed by atoms with E-state index in [2.05, 4.69) is 5.32 Å². The zero-order valence-electron chi connectivity index (χ0n) is 8.79. The number of hydrogen-bond donors (Lipinski definition) is 2. The van der Waals surface area contributed by atoms with Gasteiger partial charge in [-0.15, -0.1) is 0 Å². The highest BCUT2D eigenvalue weighted by Crippen LogP contribution is 2.14. The fourth-order valence-electron chi connectivity index (χ4n) is 1.20. The lowest BCUT2D eigenvalue weighted by Gasteiger charge is -2.08. The Bertz CT molecular complexity index is 305. The van der Waals surface area contributed by atoms with Crippen LogP contribution in [0.4, 0.5) is 10.1 Å². The molecule has 0 aromatic heterocycles. The third-order valence-corrected chi connectivity index (χ3v) is 1.92. The maximum Gasteiger partial charge on any atom is 0.146 e. The van der Waals surface area contributed by atoms with Crippen LogP contribution in [0.3, 0.4) is 0 Å². The molecule has 0 aliphatic carbocycles. The number of halogens is 1. The predicted octanol–water partition coefficient (Wildman–Crippen LogP) is 1.55. The van der Waals surface area contributed by atoms with Crippen LogP contribution in [0, 0.1) is 12.7 Å². The van der Waals surface area contributed by atoms with E-state index < -0.39 is 0 Å². The Morgan fingerprint density at radius 3 is 2.93 bits per heavy atom. The molecule has 1 aromatic carbocycles. The van der Waals surface area contributed by atoms with Crippen LogP contribution in [0.2, 0.25) is 0 Å². The van der Waals surface area contributed by atoms with Crippen LogP contribution in [0.1, 0.15) is 5.56 Å². The van der Waals surface area contributed by atoms with E-state index in [0.717, 1.165) is 5.56 Å². The van der Waals surface area contributed by atoms with Crippen molar-refractivity contribution in [2.24, 2.45) is 0 Å². The quantitative estimate of drug-likeness (QED) is 0.704. The second-order valence-corrected chi connectivity index (χ2v) is 3.25. The SMILES string of the molecule is Cc1ccc(F)c(NCCOCCO)c1. The van der Waals surface area contributed by atoms with E-state index in [-0.39, 0.29) is 12.4 Å². The third kappa shape index (κ3) is 4.27. The van der Waals surface area contributed by atoms with E-state index in [1.165, 1.54) is 6.07 Å². The summed E-state index contributed by atoms with van der Waals surface area (Å²) in [7, 11) is 0. The van der Waals surface area contributed by atoms with Crippen LogP contribution in [0.5, 0.6) is 0 Å². The number of nitrogens with one attached hydrogen (secondary N) is 1. The molecule has 0 aliphatic heterocycles. The molecule has 0 atom stereocenters. The van der Waals surface area contributed by atoms with Crippen LogP contribution >= 0.6 is 0 Å². The van der Waals surface area contributed by atoms with Crippen molar-refractivity contribution in [3.05, 3.63) is 29.6 Å². The van der Waals surface area contributed by atoms with Gasteiger partial charge in [-0.3, -0.25) is 0 Å². The van der Waals surface area contributed by atoms with E-state index in [0.29, 0.717) is 25.4 Å². The van der Waals surface area contributed by atoms with Gasteiger partial charge in [-0.1, -0.05) is 6.07 Å². The molecule has 0 bridgehead atoms. The van der Waals surface area contributed by atoms with Crippen molar-refractivity contribution in [3.8, 4) is 0 Å². The van der Waals surface area contributed by atoms with Crippen LogP contribution in [0.25, 0.3) is 0 Å². The van der Waals surface area contributed by atoms with Crippen LogP contribution < -0.4 is 5.32 Å². The monoisotopic (exact) mass is 213 g/mol. The molecule has 84 valence electrons. The second-order valence-electron chi connectivity index (χ2n) is 3.25. The minimum absolute atomic E-state index is 0.0127. The number of aliphatic hydroxyl groups excluding tert-OH is 1. The Labute approximate surface area is 88.9 Å². The van der Waals surface area contributed by atoms with Crippen LogP contribution in [0.15, 0.2) is 18.2 Å². The predicted molar refractivity (Wildman–Crippen MR) is 57.5 cm³/mol. The molecule has 0 amide bonds. The molecule has 0 unspecified atom stereocenters. The summed E-state index contributed by atoms with van der Waals surface area (Å²) in [6.45, 7) is 3.22. The Morgan fingerprint density at radius 2 is 2.20 bits per heavy atom. The number of aliphatic hydroxyl groups is 1. The minimum Gasteiger partial charge on any atom is -0.394 e. The molecule has 15 heavy (non-hydrogen) atoms. The van der Waals surface area contributed by atoms with E-state index in [1.54, 1.807) is 12.1 Å². The molecule has 0 fully saturated rings. The van der Waals surface area contributed by atoms with E-state index in [1.807, 2.05) is 6.92 Å². The molecule has 0 saturated heterocycles. The van der Waals surface area contributed by atoms with Gasteiger partial charge in [0.25, 0.3) is 0 Å². The zero-order chi connectivity index (χ0) is 11.1. The van der Waals surface area contributed by atoms with Crippen molar-refractivity contribution in [2.75, 3.05) is 31.7 Å². The first-order valence-corrected chi connectivity index (χ1v) is 4.92. The van der Waals surface area contributed by atoms with Gasteiger partial charge in [-0.25, -0.2) is 4.39 Å². The van der Waals surface area contributed by atoms with Gasteiger partial charge >= 0.3 is 0 Å². The standard InChI is InChI=1S/C11H16FNO2/c1-9-2-3-10(12)11(8-9)13-4-6-15-7-5-14/h2-3,8,13-14H,4-7H2,1H3. The lowest BCUT2D eigenvalue weighted by atomic mass is 10.2. The third-order valence-electron chi connectivity index (χ3n) is 1.92. The van der Waals surface area contributed by atoms with Gasteiger partial charge in [0, 0.05) is 6.54 Å². The van der Waals surface area contributed by atoms with Crippen molar-refractivity contribution in [1.82, 2.24) is 0 Å². The maximum absolute atomic E-state index is 13.2. The summed E-state index contributed by atoms with van der Waals surface area (Å²) in [6.07, 6.45) is 0. The minimum atomic E-state index is -0.261. The van der Waals surface area contributed by atoms with Gasteiger partial charge in [0.1, 0.15) is 5.82 Å². The summed E-state index contributed by atoms with van der Waals surface area (Å²) in [5.74, 6) is -0.261. The second kappa shape index (κ2) is 6.37. The molecule has 3 nitrogen and oxygen atoms in total. The largest absolute Gasteiger partial charge is 0.394 e. The highest BCUT2D eigenvalue weighted by atomic mass is 19.1. The maximum atomic E-state index is 13.2. The Hall–Kier alpha value is -1.13. The Morgan fingerprint density at radius 1 is 1.40 bits per heavy atom. The molecular weight excluding hydrogens is 197 g/mol. The lowest BCUT2D eigenvalue weighted by molar-refractivity contribution is 0.0992. The fourth-order valence-corrected chi connectivity index (χ4v) is 1.20. The van der Waals surface area contributed by atoms with Crippen molar-refractivity contribution >= 4 is 5.69 Å². The van der Waals surface area contributed by atoms with Gasteiger partial charge in [0.15, 0.2) is 0 Å². The number of anilines is 1. The molecular formula is C11H16FNO2. The van der Waals surface area contributed by atoms with Crippen molar-refractivity contribution in [1.29, 1.82) is 0 Å². The Balaban J connectivity index is 2.33. The zero-order valence-corrected chi connectivity index (χ0v) is 8.79. The van der Waals surface area contributed by atoms with Gasteiger partial charge in [-0.05, 0) is 24.6 Å². The summed E-state index contributed by atoms with van der Waals surface area (Å²) in [5, 5.41) is 11.4. The van der Waals surface area contributed by atoms with Gasteiger partial charge in [0.05, 0.1) is 25.5 Å². The average Bonchev–Trinajstić information content (AvgIpc) is 2.23. The lowest BCUT2D eigenvalue weighted by Crippen LogP contribution is -2.12. The number of benzene rings is 1. The summed E-state index contributed by atoms with van der Waals surface area (Å²) in [4.78, 5) is 0. The van der Waals surface area contributed by atoms with Crippen molar-refractivity contribution in [2.45, 2.75) is 6.92 Å². The summed E-state index contributed by atoms with van der Waals surface area (Å²) >= 11 is 0. The number of aryl methyl sites for hydroxylation is 1. The highest BCUT2D eigenvalue weighted by Gasteiger charge is 2.00. The van der Waals surface area contributed by atoms with E-state index >= 15 is 0 Å². The molecule has 4 heteroatoms. The molecule has 1 rings (SSSR count). The van der Waals surface area contributed by atoms with E-state index in [4.69, 9.17) is 9.84 Å². The molecule has 0 spiro atoms.